The van der Waals surface area contributed by atoms with Gasteiger partial charge in [-0.3, -0.25) is 19.4 Å². The third kappa shape index (κ3) is 28.0. The maximum Gasteiger partial charge on any atom is 0.337 e. The van der Waals surface area contributed by atoms with Crippen molar-refractivity contribution in [3.05, 3.63) is 103 Å². The molecule has 0 spiro atoms. The number of nitrogens with zero attached hydrogens (tertiary/aromatic N) is 1. The van der Waals surface area contributed by atoms with Gasteiger partial charge in [0.2, 0.25) is 5.91 Å². The lowest BCUT2D eigenvalue weighted by Gasteiger charge is -2.23. The number of carboxylic acid groups (broad SMARTS) is 2. The van der Waals surface area contributed by atoms with Gasteiger partial charge in [0, 0.05) is 30.8 Å². The third-order valence-electron chi connectivity index (χ3n) is 5.71. The van der Waals surface area contributed by atoms with Crippen molar-refractivity contribution in [1.29, 1.82) is 0 Å². The summed E-state index contributed by atoms with van der Waals surface area (Å²) in [6.45, 7) is 6.01. The fourth-order valence-electron chi connectivity index (χ4n) is 3.38. The first-order valence-corrected chi connectivity index (χ1v) is 15.2. The molecule has 9 heteroatoms. The molecule has 0 atom stereocenters. The van der Waals surface area contributed by atoms with Gasteiger partial charge >= 0.3 is 17.9 Å². The van der Waals surface area contributed by atoms with Crippen molar-refractivity contribution in [3.63, 3.8) is 0 Å². The molecule has 9 nitrogen and oxygen atoms in total. The zero-order valence-corrected chi connectivity index (χ0v) is 26.9. The number of aromatic carboxylic acids is 1. The van der Waals surface area contributed by atoms with Crippen molar-refractivity contribution >= 4 is 23.8 Å². The van der Waals surface area contributed by atoms with Gasteiger partial charge in [-0.25, -0.2) is 4.79 Å². The van der Waals surface area contributed by atoms with Crippen molar-refractivity contribution in [1.82, 2.24) is 10.3 Å². The number of nitrogens with one attached hydrogen (secondary N) is 1. The number of esters is 1. The first-order chi connectivity index (χ1) is 21.6. The molecule has 3 N–H and O–H groups in total. The molecule has 0 aromatic carbocycles. The average Bonchev–Trinajstić information content (AvgIpc) is 3.00. The van der Waals surface area contributed by atoms with Crippen molar-refractivity contribution in [3.8, 4) is 0 Å². The van der Waals surface area contributed by atoms with E-state index in [1.54, 1.807) is 12.1 Å². The van der Waals surface area contributed by atoms with E-state index in [0.717, 1.165) is 38.5 Å². The van der Waals surface area contributed by atoms with Crippen LogP contribution in [0.15, 0.2) is 97.4 Å². The van der Waals surface area contributed by atoms with E-state index in [-0.39, 0.29) is 49.9 Å². The number of aliphatic carboxylic acids is 1. The number of pyridine rings is 1. The monoisotopic (exact) mass is 622 g/mol. The summed E-state index contributed by atoms with van der Waals surface area (Å²) in [7, 11) is 0. The summed E-state index contributed by atoms with van der Waals surface area (Å²) in [4.78, 5) is 48.1. The summed E-state index contributed by atoms with van der Waals surface area (Å²) < 4.78 is 5.28. The molecule has 0 fully saturated rings. The van der Waals surface area contributed by atoms with Crippen LogP contribution in [0.25, 0.3) is 0 Å². The second-order valence-corrected chi connectivity index (χ2v) is 10.7. The molecular formula is C36H50N2O7. The fraction of sp³-hybridized carbons (Fsp3) is 0.417. The molecule has 0 aliphatic carbocycles. The lowest BCUT2D eigenvalue weighted by Crippen LogP contribution is -2.33. The van der Waals surface area contributed by atoms with Crippen LogP contribution < -0.4 is 5.32 Å². The van der Waals surface area contributed by atoms with Gasteiger partial charge in [0.05, 0.1) is 25.0 Å². The van der Waals surface area contributed by atoms with Gasteiger partial charge in [0.1, 0.15) is 0 Å². The lowest BCUT2D eigenvalue weighted by atomic mass is 9.90. The van der Waals surface area contributed by atoms with E-state index in [2.05, 4.69) is 78.0 Å². The summed E-state index contributed by atoms with van der Waals surface area (Å²) >= 11 is 0. The number of hydrogen-bond donors (Lipinski definition) is 3. The highest BCUT2D eigenvalue weighted by Crippen LogP contribution is 2.20. The molecule has 1 rings (SSSR count). The molecule has 0 bridgehead atoms. The van der Waals surface area contributed by atoms with Crippen LogP contribution in [0.2, 0.25) is 0 Å². The maximum atomic E-state index is 11.9. The van der Waals surface area contributed by atoms with Gasteiger partial charge in [0.25, 0.3) is 0 Å². The number of rotatable bonds is 21. The molecule has 1 amide bonds. The molecule has 0 saturated carbocycles. The normalized spacial score (nSPS) is 12.0. The van der Waals surface area contributed by atoms with Gasteiger partial charge in [-0.2, -0.15) is 0 Å². The second-order valence-electron chi connectivity index (χ2n) is 10.7. The van der Waals surface area contributed by atoms with Crippen LogP contribution in [0, 0.1) is 5.41 Å². The SMILES string of the molecule is CC/C=C\C/C=C\C/C=C\C/C=C\C/C=C\C/C=C\CC(=O)OCC(C)(C)CC(=O)NCCC(=O)O.O=C(O)c1cccnc1. The minimum absolute atomic E-state index is 0.0900. The lowest BCUT2D eigenvalue weighted by molar-refractivity contribution is -0.147. The minimum Gasteiger partial charge on any atom is -0.481 e. The topological polar surface area (TPSA) is 143 Å². The van der Waals surface area contributed by atoms with Crippen LogP contribution >= 0.6 is 0 Å². The molecule has 0 aliphatic heterocycles. The molecule has 1 aromatic rings. The van der Waals surface area contributed by atoms with E-state index in [1.165, 1.54) is 18.5 Å². The zero-order valence-electron chi connectivity index (χ0n) is 26.9. The highest BCUT2D eigenvalue weighted by Gasteiger charge is 2.24. The molecule has 1 aromatic heterocycles. The predicted molar refractivity (Wildman–Crippen MR) is 179 cm³/mol. The number of amides is 1. The Morgan fingerprint density at radius 1 is 0.822 bits per heavy atom. The second kappa shape index (κ2) is 27.0. The smallest absolute Gasteiger partial charge is 0.337 e. The summed E-state index contributed by atoms with van der Waals surface area (Å²) in [5.41, 5.74) is -0.306. The predicted octanol–water partition coefficient (Wildman–Crippen LogP) is 7.40. The van der Waals surface area contributed by atoms with E-state index in [0.29, 0.717) is 0 Å². The Bertz CT molecular complexity index is 1160. The molecule has 0 radical (unpaired) electrons. The van der Waals surface area contributed by atoms with E-state index in [4.69, 9.17) is 14.9 Å². The number of carboxylic acids is 2. The number of carbonyl (C=O) groups excluding carboxylic acids is 2. The third-order valence-corrected chi connectivity index (χ3v) is 5.71. The number of aromatic nitrogens is 1. The van der Waals surface area contributed by atoms with Gasteiger partial charge in [-0.15, -0.1) is 0 Å². The van der Waals surface area contributed by atoms with Crippen LogP contribution in [0.3, 0.4) is 0 Å². The van der Waals surface area contributed by atoms with E-state index < -0.39 is 17.4 Å². The van der Waals surface area contributed by atoms with Crippen molar-refractivity contribution in [2.45, 2.75) is 78.6 Å². The molecule has 1 heterocycles. The van der Waals surface area contributed by atoms with E-state index in [1.807, 2.05) is 19.9 Å². The quantitative estimate of drug-likeness (QED) is 0.0950. The molecule has 0 saturated heterocycles. The molecule has 0 aliphatic rings. The molecular weight excluding hydrogens is 572 g/mol. The Hall–Kier alpha value is -4.53. The van der Waals surface area contributed by atoms with E-state index in [9.17, 15) is 19.2 Å². The molecule has 0 unspecified atom stereocenters. The Morgan fingerprint density at radius 3 is 1.76 bits per heavy atom. The van der Waals surface area contributed by atoms with Crippen LogP contribution in [0.4, 0.5) is 0 Å². The Labute approximate surface area is 268 Å². The summed E-state index contributed by atoms with van der Waals surface area (Å²) in [5, 5.41) is 19.5. The first-order valence-electron chi connectivity index (χ1n) is 15.2. The number of allylic oxidation sites excluding steroid dienone is 11. The first kappa shape index (κ1) is 40.5. The Balaban J connectivity index is 0.00000182. The van der Waals surface area contributed by atoms with Gasteiger partial charge in [-0.05, 0) is 50.7 Å². The summed E-state index contributed by atoms with van der Waals surface area (Å²) in [6, 6.07) is 3.08. The minimum atomic E-state index is -0.960. The fourth-order valence-corrected chi connectivity index (χ4v) is 3.38. The van der Waals surface area contributed by atoms with Crippen LogP contribution in [0.1, 0.15) is 88.9 Å². The average molecular weight is 623 g/mol. The van der Waals surface area contributed by atoms with Gasteiger partial charge in [-0.1, -0.05) is 93.7 Å². The number of hydrogen-bond acceptors (Lipinski definition) is 6. The Kier molecular flexibility index (Phi) is 24.3. The highest BCUT2D eigenvalue weighted by molar-refractivity contribution is 5.86. The van der Waals surface area contributed by atoms with Gasteiger partial charge < -0.3 is 20.3 Å². The van der Waals surface area contributed by atoms with E-state index >= 15 is 0 Å². The number of carbonyl (C=O) groups is 4. The van der Waals surface area contributed by atoms with Crippen LogP contribution in [0.5, 0.6) is 0 Å². The largest absolute Gasteiger partial charge is 0.481 e. The van der Waals surface area contributed by atoms with Crippen molar-refractivity contribution in [2.24, 2.45) is 5.41 Å². The van der Waals surface area contributed by atoms with Crippen molar-refractivity contribution < 1.29 is 34.1 Å². The zero-order chi connectivity index (χ0) is 33.6. The molecule has 246 valence electrons. The maximum absolute atomic E-state index is 11.9. The summed E-state index contributed by atoms with van der Waals surface area (Å²) in [5.74, 6) is -2.50. The van der Waals surface area contributed by atoms with Crippen LogP contribution in [-0.4, -0.2) is 52.2 Å². The van der Waals surface area contributed by atoms with Crippen LogP contribution in [-0.2, 0) is 19.1 Å². The Morgan fingerprint density at radius 2 is 1.33 bits per heavy atom. The number of ether oxygens (including phenoxy) is 1. The molecule has 45 heavy (non-hydrogen) atoms. The van der Waals surface area contributed by atoms with Gasteiger partial charge in [0.15, 0.2) is 0 Å². The standard InChI is InChI=1S/C30H45NO5.C6H5NO2/c1-4-5-6-7-8-9-10-11-12-13-14-15-16-17-18-19-20-21-22-29(35)36-26-30(2,3)25-27(32)31-24-23-28(33)34;8-6(9)5-2-1-3-7-4-5/h5-6,8-9,11-12,14-15,17-18,20-21H,4,7,10,13,16,19,22-26H2,1-3H3,(H,31,32)(H,33,34);1-4H,(H,8,9)/b6-5-,9-8-,12-11-,15-14-,18-17-,21-20-;. The van der Waals surface area contributed by atoms with Crippen molar-refractivity contribution in [2.75, 3.05) is 13.2 Å². The highest BCUT2D eigenvalue weighted by atomic mass is 16.5. The summed E-state index contributed by atoms with van der Waals surface area (Å²) in [6.07, 6.45) is 34.0.